The summed E-state index contributed by atoms with van der Waals surface area (Å²) in [6.45, 7) is 0. The molecule has 0 atom stereocenters. The fraction of sp³-hybridized carbons (Fsp3) is 0.706. The second-order valence-electron chi connectivity index (χ2n) is 15.1. The Bertz CT molecular complexity index is 2200. The Labute approximate surface area is 416 Å². The van der Waals surface area contributed by atoms with Gasteiger partial charge in [0.15, 0.2) is 0 Å². The number of nitrogens with zero attached hydrogens (tertiary/aromatic N) is 2. The van der Waals surface area contributed by atoms with E-state index in [1.54, 1.807) is 0 Å². The summed E-state index contributed by atoms with van der Waals surface area (Å²) in [6, 6.07) is 4.12. The first-order chi connectivity index (χ1) is 32.3. The summed E-state index contributed by atoms with van der Waals surface area (Å²) < 4.78 is 448. The summed E-state index contributed by atoms with van der Waals surface area (Å²) in [6.07, 6.45) is -23.3. The molecule has 0 fully saturated rings. The molecule has 2 heterocycles. The van der Waals surface area contributed by atoms with Crippen LogP contribution in [0.1, 0.15) is 49.7 Å². The molecule has 0 aliphatic carbocycles. The standard InChI is InChI=1S/2C17H11F17NOS.Zn/c2*18-10(19,5-2-1-3-8-4-6-35(36)9(37)7-8)11(20,21)12(22,23)13(24,25)14(26,27)15(28,29)16(30,31)17(32,33)34;/h2*4,6-7H,1-3,5H2;/q2*-1;+2. The van der Waals surface area contributed by atoms with Crippen LogP contribution in [0.15, 0.2) is 36.7 Å². The number of hydrogen-bond donors (Lipinski definition) is 0. The Morgan fingerprint density at radius 1 is 0.320 bits per heavy atom. The molecule has 0 radical (unpaired) electrons. The maximum absolute atomic E-state index is 13.8. The second-order valence-corrected chi connectivity index (χ2v) is 15.9. The maximum Gasteiger partial charge on any atom is 2.00 e. The summed E-state index contributed by atoms with van der Waals surface area (Å²) in [5.74, 6) is -112. The molecule has 75 heavy (non-hydrogen) atoms. The van der Waals surface area contributed by atoms with Crippen molar-refractivity contribution in [2.75, 3.05) is 0 Å². The molecule has 432 valence electrons. The number of aryl methyl sites for hydroxylation is 2. The van der Waals surface area contributed by atoms with Crippen LogP contribution in [0.2, 0.25) is 0 Å². The number of halogens is 34. The topological polar surface area (TPSA) is 56.0 Å². The van der Waals surface area contributed by atoms with E-state index in [1.165, 1.54) is 0 Å². The first-order valence-corrected chi connectivity index (χ1v) is 19.3. The van der Waals surface area contributed by atoms with Crippen molar-refractivity contribution in [1.82, 2.24) is 9.46 Å². The number of alkyl halides is 34. The molecule has 0 saturated carbocycles. The van der Waals surface area contributed by atoms with Crippen LogP contribution in [-0.4, -0.2) is 105 Å². The van der Waals surface area contributed by atoms with Gasteiger partial charge in [-0.25, -0.2) is 0 Å². The number of pyridine rings is 2. The predicted molar refractivity (Wildman–Crippen MR) is 185 cm³/mol. The van der Waals surface area contributed by atoms with Crippen LogP contribution >= 0.6 is 24.4 Å². The first kappa shape index (κ1) is 71.6. The van der Waals surface area contributed by atoms with Gasteiger partial charge in [-0.3, -0.25) is 0 Å². The van der Waals surface area contributed by atoms with Gasteiger partial charge in [0.2, 0.25) is 0 Å². The zero-order valence-corrected chi connectivity index (χ0v) is 39.8. The van der Waals surface area contributed by atoms with Crippen molar-refractivity contribution in [3.8, 4) is 0 Å². The van der Waals surface area contributed by atoms with Gasteiger partial charge >= 0.3 is 115 Å². The summed E-state index contributed by atoms with van der Waals surface area (Å²) in [7, 11) is 0. The Morgan fingerprint density at radius 2 is 0.520 bits per heavy atom. The third kappa shape index (κ3) is 12.3. The largest absolute Gasteiger partial charge is 2.00 e. The van der Waals surface area contributed by atoms with Crippen LogP contribution < -0.4 is 0 Å². The molecule has 2 aromatic rings. The summed E-state index contributed by atoms with van der Waals surface area (Å²) in [5, 5.41) is 22.1. The summed E-state index contributed by atoms with van der Waals surface area (Å²) >= 11 is 9.11. The van der Waals surface area contributed by atoms with Crippen molar-refractivity contribution in [1.29, 1.82) is 0 Å². The molecule has 0 aromatic carbocycles. The van der Waals surface area contributed by atoms with Gasteiger partial charge in [0.25, 0.3) is 0 Å². The van der Waals surface area contributed by atoms with Crippen LogP contribution in [0, 0.1) is 19.7 Å². The van der Waals surface area contributed by atoms with Crippen molar-refractivity contribution in [2.24, 2.45) is 0 Å². The van der Waals surface area contributed by atoms with Crippen molar-refractivity contribution in [3.05, 3.63) is 67.5 Å². The molecular formula is C34H22F34N2O2S2Zn. The second kappa shape index (κ2) is 22.0. The first-order valence-electron chi connectivity index (χ1n) is 18.5. The van der Waals surface area contributed by atoms with E-state index >= 15 is 0 Å². The molecule has 0 spiro atoms. The molecule has 4 nitrogen and oxygen atoms in total. The van der Waals surface area contributed by atoms with E-state index in [2.05, 4.69) is 24.4 Å². The van der Waals surface area contributed by atoms with Crippen LogP contribution in [0.25, 0.3) is 0 Å². The van der Waals surface area contributed by atoms with Crippen molar-refractivity contribution in [3.63, 3.8) is 0 Å². The SMILES string of the molecule is [O-]n1ccc(CCCCC(F)(F)C(F)(F)C(F)(F)C(F)(F)C(F)(F)C(F)(F)C(F)(F)C(F)(F)F)cc1=S.[O-]n1ccc(CCCCC(F)(F)C(F)(F)C(F)(F)C(F)(F)C(F)(F)C(F)(F)C(F)(F)C(F)(F)F)cc1=S.[Zn+2]. The Hall–Kier alpha value is -3.42. The van der Waals surface area contributed by atoms with Gasteiger partial charge in [0.1, 0.15) is 9.28 Å². The van der Waals surface area contributed by atoms with Gasteiger partial charge in [-0.1, -0.05) is 24.4 Å². The van der Waals surface area contributed by atoms with Gasteiger partial charge in [-0.05, 0) is 86.3 Å². The van der Waals surface area contributed by atoms with Gasteiger partial charge in [-0.2, -0.15) is 149 Å². The van der Waals surface area contributed by atoms with E-state index in [0.29, 0.717) is 0 Å². The molecule has 0 N–H and O–H groups in total. The Balaban J connectivity index is 0.00000144. The van der Waals surface area contributed by atoms with E-state index < -0.39 is 134 Å². The molecule has 0 aliphatic rings. The third-order valence-electron chi connectivity index (χ3n) is 9.89. The molecule has 0 amide bonds. The van der Waals surface area contributed by atoms with E-state index in [4.69, 9.17) is 0 Å². The predicted octanol–water partition coefficient (Wildman–Crippen LogP) is 16.6. The van der Waals surface area contributed by atoms with Crippen LogP contribution in [0.5, 0.6) is 0 Å². The zero-order valence-electron chi connectivity index (χ0n) is 35.2. The fourth-order valence-corrected chi connectivity index (χ4v) is 5.81. The molecular weight excluding hydrogens is 1240 g/mol. The summed E-state index contributed by atoms with van der Waals surface area (Å²) in [4.78, 5) is 0. The van der Waals surface area contributed by atoms with Crippen molar-refractivity contribution in [2.45, 2.75) is 147 Å². The minimum Gasteiger partial charge on any atom is -0.805 e. The van der Waals surface area contributed by atoms with Crippen LogP contribution in [-0.2, 0) is 32.3 Å². The van der Waals surface area contributed by atoms with Crippen molar-refractivity contribution < 1.29 is 169 Å². The number of aromatic nitrogens is 2. The number of rotatable bonds is 22. The van der Waals surface area contributed by atoms with E-state index in [0.717, 1.165) is 36.7 Å². The van der Waals surface area contributed by atoms with Crippen LogP contribution in [0.3, 0.4) is 0 Å². The average molecular weight is 1270 g/mol. The molecule has 2 aromatic heterocycles. The molecule has 2 rings (SSSR count). The minimum atomic E-state index is -8.63. The smallest absolute Gasteiger partial charge is 0.805 e. The fourth-order valence-electron chi connectivity index (χ4n) is 5.38. The molecule has 0 aliphatic heterocycles. The molecule has 0 unspecified atom stereocenters. The summed E-state index contributed by atoms with van der Waals surface area (Å²) in [5.41, 5.74) is 0.244. The van der Waals surface area contributed by atoms with Gasteiger partial charge < -0.3 is 19.9 Å². The maximum atomic E-state index is 13.8. The quantitative estimate of drug-likeness (QED) is 0.0510. The Morgan fingerprint density at radius 3 is 0.720 bits per heavy atom. The minimum absolute atomic E-state index is 0. The number of unbranched alkanes of at least 4 members (excludes halogenated alkanes) is 2. The monoisotopic (exact) mass is 1260 g/mol. The van der Waals surface area contributed by atoms with Gasteiger partial charge in [0, 0.05) is 12.8 Å². The van der Waals surface area contributed by atoms with Gasteiger partial charge in [0.05, 0.1) is 0 Å². The van der Waals surface area contributed by atoms with E-state index in [9.17, 15) is 160 Å². The van der Waals surface area contributed by atoms with Crippen LogP contribution in [0.4, 0.5) is 149 Å². The van der Waals surface area contributed by atoms with E-state index in [1.807, 2.05) is 0 Å². The average Bonchev–Trinajstić information content (AvgIpc) is 3.22. The zero-order chi connectivity index (χ0) is 59.4. The van der Waals surface area contributed by atoms with E-state index in [-0.39, 0.29) is 62.2 Å². The molecule has 0 saturated heterocycles. The van der Waals surface area contributed by atoms with Gasteiger partial charge in [-0.15, -0.1) is 0 Å². The number of hydrogen-bond acceptors (Lipinski definition) is 4. The Kier molecular flexibility index (Phi) is 21.0. The molecule has 0 bridgehead atoms. The molecule has 41 heteroatoms. The van der Waals surface area contributed by atoms with Crippen molar-refractivity contribution >= 4 is 24.4 Å². The normalized spacial score (nSPS) is 15.1. The third-order valence-corrected chi connectivity index (χ3v) is 10.5.